The van der Waals surface area contributed by atoms with E-state index in [1.807, 2.05) is 6.92 Å². The molecule has 21 heavy (non-hydrogen) atoms. The fraction of sp³-hybridized carbons (Fsp3) is 0.133. The Morgan fingerprint density at radius 1 is 1.33 bits per heavy atom. The lowest BCUT2D eigenvalue weighted by Gasteiger charge is -2.11. The average Bonchev–Trinajstić information content (AvgIpc) is 2.48. The van der Waals surface area contributed by atoms with Crippen LogP contribution >= 0.6 is 11.6 Å². The molecule has 0 spiro atoms. The van der Waals surface area contributed by atoms with Crippen LogP contribution in [0.2, 0.25) is 5.02 Å². The minimum absolute atomic E-state index is 0.00242. The molecule has 0 saturated heterocycles. The molecule has 0 aliphatic rings. The maximum absolute atomic E-state index is 13.2. The molecule has 0 saturated carbocycles. The molecule has 0 heterocycles. The minimum atomic E-state index is -0.295. The molecule has 110 valence electrons. The van der Waals surface area contributed by atoms with Gasteiger partial charge in [0.05, 0.1) is 0 Å². The monoisotopic (exact) mass is 307 g/mol. The number of halogens is 2. The Balaban J connectivity index is 2.15. The zero-order valence-electron chi connectivity index (χ0n) is 11.4. The normalized spacial score (nSPS) is 11.5. The predicted octanol–water partition coefficient (Wildman–Crippen LogP) is 3.49. The molecule has 0 aromatic heterocycles. The number of anilines is 1. The highest BCUT2D eigenvalue weighted by Crippen LogP contribution is 2.21. The fourth-order valence-electron chi connectivity index (χ4n) is 1.88. The summed E-state index contributed by atoms with van der Waals surface area (Å²) in [5.74, 6) is -0.297. The standard InChI is InChI=1S/C15H15ClFN3O/c1-9-2-5-12(17)7-14(9)19-8-11-4-3-10(6-13(11)16)15(18)20-21/h2-7,19,21H,8H2,1H3,(H2,18,20). The Kier molecular flexibility index (Phi) is 4.65. The first-order valence-corrected chi connectivity index (χ1v) is 6.65. The van der Waals surface area contributed by atoms with Gasteiger partial charge >= 0.3 is 0 Å². The molecular weight excluding hydrogens is 293 g/mol. The molecule has 2 rings (SSSR count). The summed E-state index contributed by atoms with van der Waals surface area (Å²) < 4.78 is 13.2. The molecule has 0 unspecified atom stereocenters. The molecular formula is C15H15ClFN3O. The second-order valence-electron chi connectivity index (χ2n) is 4.60. The van der Waals surface area contributed by atoms with Crippen LogP contribution in [-0.4, -0.2) is 11.0 Å². The second-order valence-corrected chi connectivity index (χ2v) is 5.01. The zero-order chi connectivity index (χ0) is 15.4. The smallest absolute Gasteiger partial charge is 0.170 e. The van der Waals surface area contributed by atoms with E-state index in [2.05, 4.69) is 10.5 Å². The maximum Gasteiger partial charge on any atom is 0.170 e. The third kappa shape index (κ3) is 3.64. The summed E-state index contributed by atoms with van der Waals surface area (Å²) in [7, 11) is 0. The maximum atomic E-state index is 13.2. The van der Waals surface area contributed by atoms with Gasteiger partial charge in [-0.1, -0.05) is 35.0 Å². The van der Waals surface area contributed by atoms with Crippen LogP contribution in [0.4, 0.5) is 10.1 Å². The van der Waals surface area contributed by atoms with Crippen LogP contribution in [0.1, 0.15) is 16.7 Å². The average molecular weight is 308 g/mol. The summed E-state index contributed by atoms with van der Waals surface area (Å²) in [4.78, 5) is 0. The van der Waals surface area contributed by atoms with Gasteiger partial charge in [-0.15, -0.1) is 0 Å². The summed E-state index contributed by atoms with van der Waals surface area (Å²) in [6.45, 7) is 2.34. The van der Waals surface area contributed by atoms with Crippen molar-refractivity contribution in [3.8, 4) is 0 Å². The van der Waals surface area contributed by atoms with Gasteiger partial charge in [-0.25, -0.2) is 4.39 Å². The zero-order valence-corrected chi connectivity index (χ0v) is 12.2. The van der Waals surface area contributed by atoms with Crippen molar-refractivity contribution in [2.75, 3.05) is 5.32 Å². The predicted molar refractivity (Wildman–Crippen MR) is 82.4 cm³/mol. The Morgan fingerprint density at radius 3 is 2.76 bits per heavy atom. The number of nitrogens with one attached hydrogen (secondary N) is 1. The van der Waals surface area contributed by atoms with Gasteiger partial charge in [0.15, 0.2) is 5.84 Å². The number of hydrogen-bond acceptors (Lipinski definition) is 3. The summed E-state index contributed by atoms with van der Waals surface area (Å²) in [6, 6.07) is 9.66. The van der Waals surface area contributed by atoms with Crippen molar-refractivity contribution < 1.29 is 9.60 Å². The molecule has 4 N–H and O–H groups in total. The van der Waals surface area contributed by atoms with Crippen LogP contribution in [-0.2, 0) is 6.54 Å². The third-order valence-electron chi connectivity index (χ3n) is 3.13. The largest absolute Gasteiger partial charge is 0.409 e. The second kappa shape index (κ2) is 6.45. The molecule has 0 radical (unpaired) electrons. The minimum Gasteiger partial charge on any atom is -0.409 e. The lowest BCUT2D eigenvalue weighted by atomic mass is 10.1. The van der Waals surface area contributed by atoms with Crippen LogP contribution in [0.3, 0.4) is 0 Å². The first-order chi connectivity index (χ1) is 10.0. The number of oxime groups is 1. The quantitative estimate of drug-likeness (QED) is 0.350. The van der Waals surface area contributed by atoms with E-state index in [9.17, 15) is 4.39 Å². The van der Waals surface area contributed by atoms with Crippen molar-refractivity contribution in [2.45, 2.75) is 13.5 Å². The number of rotatable bonds is 4. The summed E-state index contributed by atoms with van der Waals surface area (Å²) >= 11 is 6.16. The van der Waals surface area contributed by atoms with Crippen molar-refractivity contribution in [2.24, 2.45) is 10.9 Å². The molecule has 2 aromatic carbocycles. The Bertz CT molecular complexity index is 689. The Hall–Kier alpha value is -2.27. The van der Waals surface area contributed by atoms with E-state index in [-0.39, 0.29) is 11.7 Å². The third-order valence-corrected chi connectivity index (χ3v) is 3.48. The van der Waals surface area contributed by atoms with Gasteiger partial charge in [0.25, 0.3) is 0 Å². The number of nitrogens with two attached hydrogens (primary N) is 1. The van der Waals surface area contributed by atoms with Gasteiger partial charge in [-0.2, -0.15) is 0 Å². The molecule has 6 heteroatoms. The van der Waals surface area contributed by atoms with Crippen LogP contribution in [0.5, 0.6) is 0 Å². The lowest BCUT2D eigenvalue weighted by Crippen LogP contribution is -2.13. The summed E-state index contributed by atoms with van der Waals surface area (Å²) in [5.41, 5.74) is 8.52. The van der Waals surface area contributed by atoms with Crippen LogP contribution in [0, 0.1) is 12.7 Å². The molecule has 0 atom stereocenters. The summed E-state index contributed by atoms with van der Waals surface area (Å²) in [5, 5.41) is 15.2. The van der Waals surface area contributed by atoms with E-state index >= 15 is 0 Å². The number of nitrogens with zero attached hydrogens (tertiary/aromatic N) is 1. The van der Waals surface area contributed by atoms with Crippen molar-refractivity contribution in [1.29, 1.82) is 0 Å². The van der Waals surface area contributed by atoms with E-state index in [1.165, 1.54) is 12.1 Å². The van der Waals surface area contributed by atoms with Gasteiger partial charge in [0, 0.05) is 22.8 Å². The number of benzene rings is 2. The van der Waals surface area contributed by atoms with Crippen molar-refractivity contribution in [3.05, 3.63) is 63.9 Å². The number of amidine groups is 1. The van der Waals surface area contributed by atoms with E-state index in [0.717, 1.165) is 11.1 Å². The van der Waals surface area contributed by atoms with Gasteiger partial charge < -0.3 is 16.3 Å². The highest BCUT2D eigenvalue weighted by molar-refractivity contribution is 6.31. The molecule has 2 aromatic rings. The molecule has 0 bridgehead atoms. The number of aryl methyl sites for hydroxylation is 1. The SMILES string of the molecule is Cc1ccc(F)cc1NCc1ccc(/C(N)=N/O)cc1Cl. The summed E-state index contributed by atoms with van der Waals surface area (Å²) in [6.07, 6.45) is 0. The molecule has 0 fully saturated rings. The van der Waals surface area contributed by atoms with Crippen LogP contribution in [0.15, 0.2) is 41.6 Å². The van der Waals surface area contributed by atoms with Crippen molar-refractivity contribution >= 4 is 23.1 Å². The van der Waals surface area contributed by atoms with E-state index in [4.69, 9.17) is 22.5 Å². The Labute approximate surface area is 127 Å². The van der Waals surface area contributed by atoms with E-state index in [1.54, 1.807) is 24.3 Å². The van der Waals surface area contributed by atoms with Crippen molar-refractivity contribution in [1.82, 2.24) is 0 Å². The highest BCUT2D eigenvalue weighted by atomic mass is 35.5. The molecule has 4 nitrogen and oxygen atoms in total. The Morgan fingerprint density at radius 2 is 2.10 bits per heavy atom. The fourth-order valence-corrected chi connectivity index (χ4v) is 2.13. The van der Waals surface area contributed by atoms with Gasteiger partial charge in [0.1, 0.15) is 5.82 Å². The molecule has 0 aliphatic carbocycles. The van der Waals surface area contributed by atoms with Crippen molar-refractivity contribution in [3.63, 3.8) is 0 Å². The topological polar surface area (TPSA) is 70.6 Å². The lowest BCUT2D eigenvalue weighted by molar-refractivity contribution is 0.318. The first-order valence-electron chi connectivity index (χ1n) is 6.27. The number of hydrogen-bond donors (Lipinski definition) is 3. The molecule has 0 amide bonds. The van der Waals surface area contributed by atoms with Gasteiger partial charge in [0.2, 0.25) is 0 Å². The first kappa shape index (κ1) is 15.1. The van der Waals surface area contributed by atoms with Gasteiger partial charge in [-0.05, 0) is 36.2 Å². The van der Waals surface area contributed by atoms with Gasteiger partial charge in [-0.3, -0.25) is 0 Å². The van der Waals surface area contributed by atoms with E-state index < -0.39 is 0 Å². The highest BCUT2D eigenvalue weighted by Gasteiger charge is 2.06. The molecule has 0 aliphatic heterocycles. The van der Waals surface area contributed by atoms with Crippen LogP contribution in [0.25, 0.3) is 0 Å². The van der Waals surface area contributed by atoms with Crippen LogP contribution < -0.4 is 11.1 Å². The van der Waals surface area contributed by atoms with E-state index in [0.29, 0.717) is 22.8 Å².